The highest BCUT2D eigenvalue weighted by Crippen LogP contribution is 2.33. The summed E-state index contributed by atoms with van der Waals surface area (Å²) in [5, 5.41) is 11.8. The van der Waals surface area contributed by atoms with Gasteiger partial charge in [-0.1, -0.05) is 0 Å². The number of hydrogen-bond donors (Lipinski definition) is 3. The number of carbonyl (C=O) groups excluding carboxylic acids is 1. The first kappa shape index (κ1) is 15.9. The number of aliphatic hydroxyl groups is 1. The molecule has 7 nitrogen and oxygen atoms in total. The number of hydrogen-bond acceptors (Lipinski definition) is 5. The monoisotopic (exact) mass is 314 g/mol. The van der Waals surface area contributed by atoms with Crippen molar-refractivity contribution >= 4 is 21.6 Å². The quantitative estimate of drug-likeness (QED) is 0.687. The molecule has 1 aliphatic rings. The number of nitrogens with one attached hydrogen (secondary N) is 2. The molecule has 0 aliphatic carbocycles. The number of sulfonamides is 1. The molecule has 1 amide bonds. The fourth-order valence-electron chi connectivity index (χ4n) is 2.17. The summed E-state index contributed by atoms with van der Waals surface area (Å²) >= 11 is 0. The summed E-state index contributed by atoms with van der Waals surface area (Å²) in [6.45, 7) is 1.41. The maximum atomic E-state index is 12.3. The molecule has 0 saturated heterocycles. The number of amides is 1. The minimum atomic E-state index is -3.79. The molecule has 0 fully saturated rings. The van der Waals surface area contributed by atoms with Crippen molar-refractivity contribution in [3.05, 3.63) is 23.8 Å². The van der Waals surface area contributed by atoms with E-state index in [2.05, 4.69) is 10.0 Å². The van der Waals surface area contributed by atoms with Gasteiger partial charge >= 0.3 is 0 Å². The average molecular weight is 314 g/mol. The van der Waals surface area contributed by atoms with E-state index in [-0.39, 0.29) is 29.9 Å². The second kappa shape index (κ2) is 6.10. The Morgan fingerprint density at radius 2 is 2.19 bits per heavy atom. The third kappa shape index (κ3) is 3.24. The summed E-state index contributed by atoms with van der Waals surface area (Å²) in [6.07, 6.45) is 0. The van der Waals surface area contributed by atoms with Gasteiger partial charge in [-0.25, -0.2) is 13.1 Å². The van der Waals surface area contributed by atoms with Crippen molar-refractivity contribution in [2.45, 2.75) is 23.8 Å². The van der Waals surface area contributed by atoms with Crippen LogP contribution < -0.4 is 10.0 Å². The molecule has 2 atom stereocenters. The van der Waals surface area contributed by atoms with E-state index in [1.807, 2.05) is 0 Å². The van der Waals surface area contributed by atoms with Gasteiger partial charge in [0.05, 0.1) is 30.1 Å². The van der Waals surface area contributed by atoms with Gasteiger partial charge in [0, 0.05) is 12.8 Å². The van der Waals surface area contributed by atoms with Gasteiger partial charge in [0.2, 0.25) is 15.9 Å². The lowest BCUT2D eigenvalue weighted by molar-refractivity contribution is -0.116. The first-order valence-electron chi connectivity index (χ1n) is 6.46. The topological polar surface area (TPSA) is 105 Å². The number of carbonyl (C=O) groups is 1. The fourth-order valence-corrected chi connectivity index (χ4v) is 3.42. The van der Waals surface area contributed by atoms with Crippen LogP contribution in [-0.2, 0) is 19.6 Å². The summed E-state index contributed by atoms with van der Waals surface area (Å²) in [7, 11) is -2.36. The molecule has 1 aromatic rings. The van der Waals surface area contributed by atoms with Crippen molar-refractivity contribution in [2.75, 3.05) is 25.6 Å². The van der Waals surface area contributed by atoms with E-state index in [0.29, 0.717) is 11.3 Å². The second-order valence-corrected chi connectivity index (χ2v) is 6.63. The largest absolute Gasteiger partial charge is 0.395 e. The molecule has 21 heavy (non-hydrogen) atoms. The third-order valence-electron chi connectivity index (χ3n) is 3.36. The Bertz CT molecular complexity index is 644. The molecule has 2 rings (SSSR count). The lowest BCUT2D eigenvalue weighted by Gasteiger charge is -2.16. The van der Waals surface area contributed by atoms with Crippen LogP contribution in [0.25, 0.3) is 0 Å². The van der Waals surface area contributed by atoms with Crippen LogP contribution in [0, 0.1) is 0 Å². The van der Waals surface area contributed by atoms with Crippen molar-refractivity contribution in [3.8, 4) is 0 Å². The number of fused-ring (bicyclic) bond motifs is 1. The van der Waals surface area contributed by atoms with Crippen molar-refractivity contribution in [2.24, 2.45) is 0 Å². The van der Waals surface area contributed by atoms with Crippen LogP contribution >= 0.6 is 0 Å². The smallest absolute Gasteiger partial charge is 0.240 e. The van der Waals surface area contributed by atoms with Gasteiger partial charge in [-0.15, -0.1) is 0 Å². The van der Waals surface area contributed by atoms with E-state index >= 15 is 0 Å². The normalized spacial score (nSPS) is 19.2. The zero-order chi connectivity index (χ0) is 15.6. The zero-order valence-electron chi connectivity index (χ0n) is 11.8. The van der Waals surface area contributed by atoms with Crippen molar-refractivity contribution in [1.82, 2.24) is 4.72 Å². The highest BCUT2D eigenvalue weighted by molar-refractivity contribution is 7.89. The Morgan fingerprint density at radius 1 is 1.48 bits per heavy atom. The number of methoxy groups -OCH3 is 1. The molecule has 0 saturated carbocycles. The average Bonchev–Trinajstić information content (AvgIpc) is 2.73. The molecule has 1 aromatic carbocycles. The number of ether oxygens (including phenoxy) is 1. The Hall–Kier alpha value is -1.48. The number of aliphatic hydroxyl groups excluding tert-OH is 1. The Labute approximate surface area is 123 Å². The van der Waals surface area contributed by atoms with Crippen LogP contribution in [0.5, 0.6) is 0 Å². The van der Waals surface area contributed by atoms with Crippen molar-refractivity contribution < 1.29 is 23.1 Å². The maximum Gasteiger partial charge on any atom is 0.240 e. The van der Waals surface area contributed by atoms with Crippen LogP contribution in [-0.4, -0.2) is 45.8 Å². The van der Waals surface area contributed by atoms with Crippen molar-refractivity contribution in [1.29, 1.82) is 0 Å². The molecule has 2 unspecified atom stereocenters. The molecule has 8 heteroatoms. The van der Waals surface area contributed by atoms with Gasteiger partial charge in [0.25, 0.3) is 0 Å². The molecule has 0 spiro atoms. The summed E-state index contributed by atoms with van der Waals surface area (Å²) in [6, 6.07) is 3.74. The van der Waals surface area contributed by atoms with Gasteiger partial charge in [0.1, 0.15) is 0 Å². The van der Waals surface area contributed by atoms with Gasteiger partial charge in [-0.05, 0) is 30.7 Å². The molecule has 0 radical (unpaired) electrons. The van der Waals surface area contributed by atoms with E-state index in [4.69, 9.17) is 9.84 Å². The molecule has 1 heterocycles. The predicted molar refractivity (Wildman–Crippen MR) is 76.6 cm³/mol. The van der Waals surface area contributed by atoms with E-state index in [1.165, 1.54) is 19.2 Å². The highest BCUT2D eigenvalue weighted by Gasteiger charge is 2.29. The Kier molecular flexibility index (Phi) is 4.62. The van der Waals surface area contributed by atoms with Gasteiger partial charge in [-0.2, -0.15) is 0 Å². The van der Waals surface area contributed by atoms with Gasteiger partial charge in [-0.3, -0.25) is 4.79 Å². The number of rotatable bonds is 6. The SMILES string of the molecule is COCC(CO)NS(=O)(=O)c1ccc2c(c1)C(C)C(=O)N2. The zero-order valence-corrected chi connectivity index (χ0v) is 12.6. The summed E-state index contributed by atoms with van der Waals surface area (Å²) in [5.74, 6) is -0.539. The standard InChI is InChI=1S/C13H18N2O5S/c1-8-11-5-10(3-4-12(11)14-13(8)17)21(18,19)15-9(6-16)7-20-2/h3-5,8-9,15-16H,6-7H2,1-2H3,(H,14,17). The van der Waals surface area contributed by atoms with Crippen molar-refractivity contribution in [3.63, 3.8) is 0 Å². The molecule has 116 valence electrons. The van der Waals surface area contributed by atoms with E-state index in [0.717, 1.165) is 0 Å². The van der Waals surface area contributed by atoms with Gasteiger partial charge in [0.15, 0.2) is 0 Å². The van der Waals surface area contributed by atoms with Crippen LogP contribution in [0.2, 0.25) is 0 Å². The predicted octanol–water partition coefficient (Wildman–Crippen LogP) is 0.0278. The summed E-state index contributed by atoms with van der Waals surface area (Å²) < 4.78 is 31.8. The minimum Gasteiger partial charge on any atom is -0.395 e. The van der Waals surface area contributed by atoms with Crippen LogP contribution in [0.1, 0.15) is 18.4 Å². The molecule has 3 N–H and O–H groups in total. The molecule has 0 aromatic heterocycles. The first-order chi connectivity index (χ1) is 9.89. The lowest BCUT2D eigenvalue weighted by atomic mass is 10.0. The number of benzene rings is 1. The molecule has 1 aliphatic heterocycles. The molecular formula is C13H18N2O5S. The second-order valence-electron chi connectivity index (χ2n) is 4.92. The lowest BCUT2D eigenvalue weighted by Crippen LogP contribution is -2.40. The highest BCUT2D eigenvalue weighted by atomic mass is 32.2. The Balaban J connectivity index is 2.28. The van der Waals surface area contributed by atoms with E-state index in [9.17, 15) is 13.2 Å². The van der Waals surface area contributed by atoms with Gasteiger partial charge < -0.3 is 15.2 Å². The first-order valence-corrected chi connectivity index (χ1v) is 7.94. The molecular weight excluding hydrogens is 296 g/mol. The van der Waals surface area contributed by atoms with Crippen LogP contribution in [0.3, 0.4) is 0 Å². The van der Waals surface area contributed by atoms with E-state index in [1.54, 1.807) is 13.0 Å². The van der Waals surface area contributed by atoms with Crippen LogP contribution in [0.15, 0.2) is 23.1 Å². The minimum absolute atomic E-state index is 0.0548. The molecule has 0 bridgehead atoms. The third-order valence-corrected chi connectivity index (χ3v) is 4.88. The fraction of sp³-hybridized carbons (Fsp3) is 0.462. The van der Waals surface area contributed by atoms with Crippen LogP contribution in [0.4, 0.5) is 5.69 Å². The Morgan fingerprint density at radius 3 is 2.81 bits per heavy atom. The summed E-state index contributed by atoms with van der Waals surface area (Å²) in [5.41, 5.74) is 1.28. The summed E-state index contributed by atoms with van der Waals surface area (Å²) in [4.78, 5) is 11.6. The number of anilines is 1. The van der Waals surface area contributed by atoms with E-state index < -0.39 is 16.1 Å². The maximum absolute atomic E-state index is 12.3.